The molecule has 0 atom stereocenters. The Hall–Kier alpha value is -3.52. The van der Waals surface area contributed by atoms with Crippen molar-refractivity contribution >= 4 is 34.7 Å². The lowest BCUT2D eigenvalue weighted by Crippen LogP contribution is -2.41. The fourth-order valence-electron chi connectivity index (χ4n) is 3.64. The number of pyridine rings is 1. The molecule has 0 saturated carbocycles. The summed E-state index contributed by atoms with van der Waals surface area (Å²) >= 11 is 1.50. The first kappa shape index (κ1) is 21.7. The van der Waals surface area contributed by atoms with E-state index in [9.17, 15) is 14.4 Å². The lowest BCUT2D eigenvalue weighted by atomic mass is 10.00. The minimum atomic E-state index is -0.467. The summed E-state index contributed by atoms with van der Waals surface area (Å²) in [6, 6.07) is 11.8. The van der Waals surface area contributed by atoms with Crippen molar-refractivity contribution in [2.24, 2.45) is 0 Å². The summed E-state index contributed by atoms with van der Waals surface area (Å²) in [6.07, 6.45) is 9.83. The van der Waals surface area contributed by atoms with Gasteiger partial charge in [0.25, 0.3) is 17.7 Å². The van der Waals surface area contributed by atoms with E-state index >= 15 is 0 Å². The molecule has 0 fully saturated rings. The average molecular weight is 449 g/mol. The van der Waals surface area contributed by atoms with E-state index in [1.165, 1.54) is 40.8 Å². The molecule has 32 heavy (non-hydrogen) atoms. The van der Waals surface area contributed by atoms with Crippen molar-refractivity contribution in [3.8, 4) is 0 Å². The highest BCUT2D eigenvalue weighted by Gasteiger charge is 2.17. The molecule has 0 aliphatic heterocycles. The van der Waals surface area contributed by atoms with Crippen molar-refractivity contribution < 1.29 is 14.4 Å². The van der Waals surface area contributed by atoms with Crippen LogP contribution in [0.25, 0.3) is 0 Å². The number of anilines is 1. The second-order valence-corrected chi connectivity index (χ2v) is 8.79. The molecule has 4 rings (SSSR count). The van der Waals surface area contributed by atoms with Gasteiger partial charge in [0.2, 0.25) is 0 Å². The Labute approximate surface area is 190 Å². The molecule has 2 heterocycles. The van der Waals surface area contributed by atoms with Gasteiger partial charge in [-0.05, 0) is 67.6 Å². The molecule has 1 aromatic carbocycles. The van der Waals surface area contributed by atoms with Gasteiger partial charge in [-0.3, -0.25) is 30.2 Å². The number of aryl methyl sites for hydroxylation is 2. The molecular weight excluding hydrogens is 424 g/mol. The average Bonchev–Trinajstić information content (AvgIpc) is 3.20. The van der Waals surface area contributed by atoms with Crippen LogP contribution < -0.4 is 16.2 Å². The van der Waals surface area contributed by atoms with Gasteiger partial charge in [-0.1, -0.05) is 18.9 Å². The topological polar surface area (TPSA) is 100 Å². The summed E-state index contributed by atoms with van der Waals surface area (Å²) < 4.78 is 0. The molecule has 0 unspecified atom stereocenters. The summed E-state index contributed by atoms with van der Waals surface area (Å²) in [5, 5.41) is 2.74. The van der Waals surface area contributed by atoms with Crippen LogP contribution in [0.5, 0.6) is 0 Å². The lowest BCUT2D eigenvalue weighted by molar-refractivity contribution is 0.0849. The summed E-state index contributed by atoms with van der Waals surface area (Å²) in [5.41, 5.74) is 7.41. The maximum absolute atomic E-state index is 12.6. The second-order valence-electron chi connectivity index (χ2n) is 7.66. The van der Waals surface area contributed by atoms with Crippen molar-refractivity contribution in [3.05, 3.63) is 81.3 Å². The number of hydrogen-bond acceptors (Lipinski definition) is 5. The van der Waals surface area contributed by atoms with Crippen molar-refractivity contribution in [2.75, 3.05) is 5.32 Å². The van der Waals surface area contributed by atoms with Gasteiger partial charge in [-0.2, -0.15) is 0 Å². The van der Waals surface area contributed by atoms with E-state index in [1.807, 2.05) is 6.07 Å². The molecule has 164 valence electrons. The largest absolute Gasteiger partial charge is 0.322 e. The molecule has 0 saturated heterocycles. The molecule has 1 aliphatic carbocycles. The Bertz CT molecular complexity index is 1100. The monoisotopic (exact) mass is 448 g/mol. The number of rotatable bonds is 4. The van der Waals surface area contributed by atoms with E-state index < -0.39 is 5.91 Å². The molecule has 0 radical (unpaired) electrons. The fourth-order valence-corrected chi connectivity index (χ4v) is 4.79. The van der Waals surface area contributed by atoms with E-state index in [2.05, 4.69) is 21.2 Å². The minimum Gasteiger partial charge on any atom is -0.322 e. The maximum Gasteiger partial charge on any atom is 0.279 e. The number of benzene rings is 1. The first-order chi connectivity index (χ1) is 15.6. The normalized spacial score (nSPS) is 13.2. The van der Waals surface area contributed by atoms with E-state index in [0.717, 1.165) is 25.7 Å². The van der Waals surface area contributed by atoms with Crippen LogP contribution in [0.1, 0.15) is 66.5 Å². The number of aromatic nitrogens is 1. The number of nitrogens with zero attached hydrogens (tertiary/aromatic N) is 1. The first-order valence-corrected chi connectivity index (χ1v) is 11.5. The van der Waals surface area contributed by atoms with Crippen molar-refractivity contribution in [1.29, 1.82) is 0 Å². The minimum absolute atomic E-state index is 0.313. The standard InChI is InChI=1S/C24H24N4O3S/c29-22(18-9-6-12-25-15-18)26-19-10-5-8-17(13-19)23(30)27-28-24(31)21-14-16-7-3-1-2-4-11-20(16)32-21/h5-6,8-10,12-15H,1-4,7,11H2,(H,26,29)(H,27,30)(H,28,31). The SMILES string of the molecule is O=C(NNC(=O)c1cc2c(s1)CCCCCC2)c1cccc(NC(=O)c2cccnc2)c1. The molecule has 3 amide bonds. The smallest absolute Gasteiger partial charge is 0.279 e. The Balaban J connectivity index is 1.36. The molecular formula is C24H24N4O3S. The summed E-state index contributed by atoms with van der Waals surface area (Å²) in [7, 11) is 0. The zero-order valence-electron chi connectivity index (χ0n) is 17.5. The summed E-state index contributed by atoms with van der Waals surface area (Å²) in [4.78, 5) is 43.2. The van der Waals surface area contributed by atoms with Gasteiger partial charge in [0.05, 0.1) is 10.4 Å². The number of carbonyl (C=O) groups excluding carboxylic acids is 3. The Morgan fingerprint density at radius 3 is 2.41 bits per heavy atom. The predicted octanol–water partition coefficient (Wildman–Crippen LogP) is 4.13. The van der Waals surface area contributed by atoms with Gasteiger partial charge in [0.1, 0.15) is 0 Å². The van der Waals surface area contributed by atoms with Gasteiger partial charge < -0.3 is 5.32 Å². The van der Waals surface area contributed by atoms with Gasteiger partial charge in [-0.15, -0.1) is 11.3 Å². The van der Waals surface area contributed by atoms with Gasteiger partial charge in [0, 0.05) is 28.5 Å². The fraction of sp³-hybridized carbons (Fsp3) is 0.250. The molecule has 1 aliphatic rings. The maximum atomic E-state index is 12.6. The van der Waals surface area contributed by atoms with Crippen LogP contribution in [-0.2, 0) is 12.8 Å². The Kier molecular flexibility index (Phi) is 6.91. The number of hydrazine groups is 1. The number of hydrogen-bond donors (Lipinski definition) is 3. The van der Waals surface area contributed by atoms with E-state index in [0.29, 0.717) is 21.7 Å². The Morgan fingerprint density at radius 1 is 0.812 bits per heavy atom. The predicted molar refractivity (Wildman–Crippen MR) is 124 cm³/mol. The van der Waals surface area contributed by atoms with E-state index in [1.54, 1.807) is 42.6 Å². The second kappa shape index (κ2) is 10.2. The van der Waals surface area contributed by atoms with Crippen LogP contribution in [0.2, 0.25) is 0 Å². The highest BCUT2D eigenvalue weighted by atomic mass is 32.1. The van der Waals surface area contributed by atoms with Crippen LogP contribution in [0.4, 0.5) is 5.69 Å². The Morgan fingerprint density at radius 2 is 1.59 bits per heavy atom. The van der Waals surface area contributed by atoms with Crippen LogP contribution >= 0.6 is 11.3 Å². The van der Waals surface area contributed by atoms with Gasteiger partial charge in [-0.25, -0.2) is 0 Å². The third kappa shape index (κ3) is 5.39. The van der Waals surface area contributed by atoms with E-state index in [-0.39, 0.29) is 11.8 Å². The van der Waals surface area contributed by atoms with Crippen molar-refractivity contribution in [1.82, 2.24) is 15.8 Å². The number of amides is 3. The van der Waals surface area contributed by atoms with E-state index in [4.69, 9.17) is 0 Å². The molecule has 0 bridgehead atoms. The molecule has 0 spiro atoms. The number of fused-ring (bicyclic) bond motifs is 1. The molecule has 2 aromatic heterocycles. The lowest BCUT2D eigenvalue weighted by Gasteiger charge is -2.09. The zero-order valence-corrected chi connectivity index (χ0v) is 18.3. The summed E-state index contributed by atoms with van der Waals surface area (Å²) in [6.45, 7) is 0. The number of thiophene rings is 1. The van der Waals surface area contributed by atoms with Crippen molar-refractivity contribution in [2.45, 2.75) is 38.5 Å². The van der Waals surface area contributed by atoms with Crippen LogP contribution in [0, 0.1) is 0 Å². The third-order valence-electron chi connectivity index (χ3n) is 5.32. The van der Waals surface area contributed by atoms with Crippen LogP contribution in [0.15, 0.2) is 54.9 Å². The molecule has 8 heteroatoms. The first-order valence-electron chi connectivity index (χ1n) is 10.6. The third-order valence-corrected chi connectivity index (χ3v) is 6.55. The quantitative estimate of drug-likeness (QED) is 0.523. The summed E-state index contributed by atoms with van der Waals surface area (Å²) in [5.74, 6) is -1.11. The number of nitrogens with one attached hydrogen (secondary N) is 3. The highest BCUT2D eigenvalue weighted by Crippen LogP contribution is 2.28. The van der Waals surface area contributed by atoms with Gasteiger partial charge in [0.15, 0.2) is 0 Å². The van der Waals surface area contributed by atoms with Crippen LogP contribution in [0.3, 0.4) is 0 Å². The van der Waals surface area contributed by atoms with Gasteiger partial charge >= 0.3 is 0 Å². The molecule has 3 aromatic rings. The zero-order chi connectivity index (χ0) is 22.3. The van der Waals surface area contributed by atoms with Crippen LogP contribution in [-0.4, -0.2) is 22.7 Å². The molecule has 7 nitrogen and oxygen atoms in total. The number of carbonyl (C=O) groups is 3. The highest BCUT2D eigenvalue weighted by molar-refractivity contribution is 7.14. The molecule has 3 N–H and O–H groups in total. The van der Waals surface area contributed by atoms with Crippen molar-refractivity contribution in [3.63, 3.8) is 0 Å².